The van der Waals surface area contributed by atoms with Crippen molar-refractivity contribution in [2.75, 3.05) is 83.3 Å². The Balaban J connectivity index is 1.41. The van der Waals surface area contributed by atoms with Gasteiger partial charge >= 0.3 is 0 Å². The van der Waals surface area contributed by atoms with E-state index in [1.807, 2.05) is 0 Å². The van der Waals surface area contributed by atoms with Gasteiger partial charge in [-0.05, 0) is 68.4 Å². The Morgan fingerprint density at radius 2 is 1.24 bits per heavy atom. The quantitative estimate of drug-likeness (QED) is 0.776. The van der Waals surface area contributed by atoms with Crippen LogP contribution in [0.15, 0.2) is 42.5 Å². The normalized spacial score (nSPS) is 25.7. The maximum atomic E-state index is 3.72. The third-order valence-corrected chi connectivity index (χ3v) is 7.70. The van der Waals surface area contributed by atoms with Crippen molar-refractivity contribution < 1.29 is 0 Å². The fourth-order valence-electron chi connectivity index (χ4n) is 5.64. The lowest BCUT2D eigenvalue weighted by Crippen LogP contribution is -2.44. The van der Waals surface area contributed by atoms with Crippen LogP contribution in [0.4, 0.5) is 11.4 Å². The van der Waals surface area contributed by atoms with Gasteiger partial charge in [0.25, 0.3) is 0 Å². The fourth-order valence-corrected chi connectivity index (χ4v) is 5.64. The predicted molar refractivity (Wildman–Crippen MR) is 138 cm³/mol. The highest BCUT2D eigenvalue weighted by molar-refractivity contribution is 5.55. The molecule has 0 spiro atoms. The molecule has 2 atom stereocenters. The van der Waals surface area contributed by atoms with Crippen LogP contribution in [0, 0.1) is 0 Å². The van der Waals surface area contributed by atoms with E-state index in [2.05, 4.69) is 101 Å². The molecular formula is C27H40N6. The minimum atomic E-state index is 0.216. The van der Waals surface area contributed by atoms with Gasteiger partial charge < -0.3 is 19.6 Å². The SMILES string of the molecule is CC1Cc2cc(N3CCN(C)CC3)ccc2C(c2ccc(N3CCN(C)CC3)cc2)N(C)N1. The summed E-state index contributed by atoms with van der Waals surface area (Å²) >= 11 is 0. The van der Waals surface area contributed by atoms with Crippen molar-refractivity contribution in [3.8, 4) is 0 Å². The zero-order chi connectivity index (χ0) is 22.9. The molecule has 6 nitrogen and oxygen atoms in total. The summed E-state index contributed by atoms with van der Waals surface area (Å²) in [5.41, 5.74) is 10.7. The Labute approximate surface area is 199 Å². The number of benzene rings is 2. The number of piperazine rings is 2. The zero-order valence-electron chi connectivity index (χ0n) is 20.8. The maximum Gasteiger partial charge on any atom is 0.0742 e. The van der Waals surface area contributed by atoms with Crippen molar-refractivity contribution in [1.82, 2.24) is 20.2 Å². The van der Waals surface area contributed by atoms with E-state index in [1.165, 1.54) is 28.1 Å². The molecule has 0 amide bonds. The molecule has 3 heterocycles. The number of rotatable bonds is 3. The number of hydrogen-bond acceptors (Lipinski definition) is 6. The molecule has 0 aromatic heterocycles. The summed E-state index contributed by atoms with van der Waals surface area (Å²) in [5.74, 6) is 0. The summed E-state index contributed by atoms with van der Waals surface area (Å²) in [5, 5.41) is 2.32. The van der Waals surface area contributed by atoms with Gasteiger partial charge in [0.2, 0.25) is 0 Å². The van der Waals surface area contributed by atoms with Gasteiger partial charge in [-0.3, -0.25) is 5.43 Å². The van der Waals surface area contributed by atoms with Crippen LogP contribution in [0.2, 0.25) is 0 Å². The molecule has 0 radical (unpaired) electrons. The molecule has 3 aliphatic heterocycles. The number of hydrazine groups is 1. The second kappa shape index (κ2) is 9.63. The summed E-state index contributed by atoms with van der Waals surface area (Å²) in [7, 11) is 6.62. The van der Waals surface area contributed by atoms with Crippen LogP contribution in [0.25, 0.3) is 0 Å². The summed E-state index contributed by atoms with van der Waals surface area (Å²) in [4.78, 5) is 9.89. The van der Waals surface area contributed by atoms with Gasteiger partial charge in [-0.15, -0.1) is 0 Å². The Hall–Kier alpha value is -2.12. The Morgan fingerprint density at radius 1 is 0.697 bits per heavy atom. The maximum absolute atomic E-state index is 3.72. The van der Waals surface area contributed by atoms with E-state index in [4.69, 9.17) is 0 Å². The van der Waals surface area contributed by atoms with E-state index in [1.54, 1.807) is 0 Å². The topological polar surface area (TPSA) is 28.2 Å². The third kappa shape index (κ3) is 4.90. The molecule has 2 saturated heterocycles. The lowest BCUT2D eigenvalue weighted by Gasteiger charge is -2.35. The van der Waals surface area contributed by atoms with Gasteiger partial charge in [-0.2, -0.15) is 0 Å². The molecule has 33 heavy (non-hydrogen) atoms. The number of anilines is 2. The van der Waals surface area contributed by atoms with E-state index in [-0.39, 0.29) is 6.04 Å². The van der Waals surface area contributed by atoms with Crippen molar-refractivity contribution in [3.63, 3.8) is 0 Å². The summed E-state index contributed by atoms with van der Waals surface area (Å²) in [6, 6.07) is 17.1. The molecule has 2 aromatic carbocycles. The van der Waals surface area contributed by atoms with Crippen LogP contribution in [0.3, 0.4) is 0 Å². The molecule has 1 N–H and O–H groups in total. The highest BCUT2D eigenvalue weighted by Crippen LogP contribution is 2.35. The van der Waals surface area contributed by atoms with Crippen LogP contribution in [-0.4, -0.2) is 94.4 Å². The van der Waals surface area contributed by atoms with Crippen molar-refractivity contribution in [2.24, 2.45) is 0 Å². The Kier molecular flexibility index (Phi) is 6.61. The third-order valence-electron chi connectivity index (χ3n) is 7.70. The summed E-state index contributed by atoms with van der Waals surface area (Å²) in [6.07, 6.45) is 1.05. The second-order valence-electron chi connectivity index (χ2n) is 10.3. The number of fused-ring (bicyclic) bond motifs is 1. The average Bonchev–Trinajstić information content (AvgIpc) is 2.94. The zero-order valence-corrected chi connectivity index (χ0v) is 20.8. The minimum absolute atomic E-state index is 0.216. The number of nitrogens with zero attached hydrogens (tertiary/aromatic N) is 5. The van der Waals surface area contributed by atoms with Gasteiger partial charge in [0.1, 0.15) is 0 Å². The molecule has 5 rings (SSSR count). The molecule has 0 bridgehead atoms. The van der Waals surface area contributed by atoms with E-state index in [0.29, 0.717) is 6.04 Å². The molecule has 6 heteroatoms. The number of nitrogens with one attached hydrogen (secondary N) is 1. The van der Waals surface area contributed by atoms with E-state index in [9.17, 15) is 0 Å². The standard InChI is InChI=1S/C27H40N6/c1-21-19-23-20-25(33-17-13-30(3)14-18-33)9-10-26(23)27(31(4)28-21)22-5-7-24(8-6-22)32-15-11-29(2)12-16-32/h5-10,20-21,27-28H,11-19H2,1-4H3. The smallest absolute Gasteiger partial charge is 0.0742 e. The van der Waals surface area contributed by atoms with E-state index >= 15 is 0 Å². The first-order valence-electron chi connectivity index (χ1n) is 12.6. The van der Waals surface area contributed by atoms with Crippen LogP contribution in [-0.2, 0) is 6.42 Å². The van der Waals surface area contributed by atoms with Crippen molar-refractivity contribution >= 4 is 11.4 Å². The van der Waals surface area contributed by atoms with Gasteiger partial charge in [0.05, 0.1) is 6.04 Å². The van der Waals surface area contributed by atoms with Gasteiger partial charge in [-0.25, -0.2) is 5.01 Å². The van der Waals surface area contributed by atoms with E-state index < -0.39 is 0 Å². The van der Waals surface area contributed by atoms with E-state index in [0.717, 1.165) is 58.8 Å². The van der Waals surface area contributed by atoms with Crippen LogP contribution >= 0.6 is 0 Å². The van der Waals surface area contributed by atoms with Crippen LogP contribution < -0.4 is 15.2 Å². The van der Waals surface area contributed by atoms with Gasteiger partial charge in [0.15, 0.2) is 0 Å². The minimum Gasteiger partial charge on any atom is -0.369 e. The molecule has 2 aromatic rings. The Morgan fingerprint density at radius 3 is 1.85 bits per heavy atom. The van der Waals surface area contributed by atoms with Crippen molar-refractivity contribution in [3.05, 3.63) is 59.2 Å². The first-order valence-corrected chi connectivity index (χ1v) is 12.6. The lowest BCUT2D eigenvalue weighted by atomic mass is 9.91. The monoisotopic (exact) mass is 448 g/mol. The van der Waals surface area contributed by atoms with Crippen LogP contribution in [0.1, 0.15) is 29.7 Å². The molecular weight excluding hydrogens is 408 g/mol. The van der Waals surface area contributed by atoms with Gasteiger partial charge in [0, 0.05) is 76.8 Å². The largest absolute Gasteiger partial charge is 0.369 e. The molecule has 2 unspecified atom stereocenters. The molecule has 0 saturated carbocycles. The summed E-state index contributed by atoms with van der Waals surface area (Å²) in [6.45, 7) is 11.3. The fraction of sp³-hybridized carbons (Fsp3) is 0.556. The van der Waals surface area contributed by atoms with Crippen molar-refractivity contribution in [1.29, 1.82) is 0 Å². The first-order chi connectivity index (χ1) is 16.0. The highest BCUT2D eigenvalue weighted by atomic mass is 15.5. The summed E-state index contributed by atoms with van der Waals surface area (Å²) < 4.78 is 0. The van der Waals surface area contributed by atoms with Crippen LogP contribution in [0.5, 0.6) is 0 Å². The van der Waals surface area contributed by atoms with Crippen molar-refractivity contribution in [2.45, 2.75) is 25.4 Å². The average molecular weight is 449 g/mol. The lowest BCUT2D eigenvalue weighted by molar-refractivity contribution is 0.172. The molecule has 3 aliphatic rings. The van der Waals surface area contributed by atoms with Gasteiger partial charge in [-0.1, -0.05) is 18.2 Å². The first kappa shape index (κ1) is 22.7. The Bertz CT molecular complexity index is 928. The number of hydrogen-bond donors (Lipinski definition) is 1. The second-order valence-corrected chi connectivity index (χ2v) is 10.3. The molecule has 2 fully saturated rings. The number of likely N-dealkylation sites (N-methyl/N-ethyl adjacent to an activating group) is 2. The molecule has 178 valence electrons. The molecule has 0 aliphatic carbocycles. The highest BCUT2D eigenvalue weighted by Gasteiger charge is 2.28. The predicted octanol–water partition coefficient (Wildman–Crippen LogP) is 2.66.